The van der Waals surface area contributed by atoms with Crippen LogP contribution >= 0.6 is 0 Å². The lowest BCUT2D eigenvalue weighted by Gasteiger charge is -2.33. The molecule has 2 fully saturated rings. The minimum Gasteiger partial charge on any atom is -0.497 e. The molecule has 1 amide bonds. The van der Waals surface area contributed by atoms with Crippen molar-refractivity contribution < 1.29 is 19.4 Å². The van der Waals surface area contributed by atoms with Gasteiger partial charge >= 0.3 is 5.97 Å². The van der Waals surface area contributed by atoms with Crippen molar-refractivity contribution >= 4 is 11.9 Å². The summed E-state index contributed by atoms with van der Waals surface area (Å²) < 4.78 is 5.33. The highest BCUT2D eigenvalue weighted by atomic mass is 16.5. The van der Waals surface area contributed by atoms with Crippen LogP contribution in [0, 0.1) is 5.41 Å². The van der Waals surface area contributed by atoms with Crippen LogP contribution in [0.2, 0.25) is 0 Å². The number of nitrogens with zero attached hydrogens (tertiary/aromatic N) is 1. The quantitative estimate of drug-likeness (QED) is 0.921. The first kappa shape index (κ1) is 16.8. The number of carbonyl (C=O) groups excluding carboxylic acids is 1. The van der Waals surface area contributed by atoms with Crippen LogP contribution < -0.4 is 4.74 Å². The molecule has 1 aromatic rings. The van der Waals surface area contributed by atoms with Gasteiger partial charge < -0.3 is 14.7 Å². The van der Waals surface area contributed by atoms with Crippen LogP contribution in [0.15, 0.2) is 24.3 Å². The Morgan fingerprint density at radius 2 is 1.92 bits per heavy atom. The average molecular weight is 331 g/mol. The molecule has 1 heterocycles. The van der Waals surface area contributed by atoms with E-state index in [0.717, 1.165) is 37.0 Å². The summed E-state index contributed by atoms with van der Waals surface area (Å²) in [5.74, 6) is 0.0150. The first-order valence-electron chi connectivity index (χ1n) is 8.59. The Kier molecular flexibility index (Phi) is 4.28. The smallest absolute Gasteiger partial charge is 0.311 e. The highest BCUT2D eigenvalue weighted by Crippen LogP contribution is 2.45. The number of carbonyl (C=O) groups is 2. The summed E-state index contributed by atoms with van der Waals surface area (Å²) in [6, 6.07) is 7.76. The first-order chi connectivity index (χ1) is 11.4. The minimum atomic E-state index is -0.830. The minimum absolute atomic E-state index is 0.0817. The lowest BCUT2D eigenvalue weighted by molar-refractivity contribution is -0.147. The van der Waals surface area contributed by atoms with E-state index in [2.05, 4.69) is 0 Å². The Labute approximate surface area is 142 Å². The van der Waals surface area contributed by atoms with Crippen LogP contribution in [0.25, 0.3) is 0 Å². The van der Waals surface area contributed by atoms with E-state index in [1.54, 1.807) is 18.9 Å². The van der Waals surface area contributed by atoms with Gasteiger partial charge in [0.1, 0.15) is 5.75 Å². The van der Waals surface area contributed by atoms with Gasteiger partial charge in [0.2, 0.25) is 5.91 Å². The molecule has 1 N–H and O–H groups in total. The van der Waals surface area contributed by atoms with Crippen molar-refractivity contribution in [2.24, 2.45) is 5.41 Å². The molecular weight excluding hydrogens is 306 g/mol. The number of aliphatic carboxylic acids is 1. The summed E-state index contributed by atoms with van der Waals surface area (Å²) >= 11 is 0. The van der Waals surface area contributed by atoms with Gasteiger partial charge in [-0.05, 0) is 43.9 Å². The average Bonchev–Trinajstić information content (AvgIpc) is 3.23. The number of likely N-dealkylation sites (tertiary alicyclic amines) is 1. The zero-order valence-corrected chi connectivity index (χ0v) is 14.4. The number of hydrogen-bond donors (Lipinski definition) is 1. The lowest BCUT2D eigenvalue weighted by atomic mass is 9.77. The van der Waals surface area contributed by atoms with Gasteiger partial charge in [-0.2, -0.15) is 0 Å². The number of amides is 1. The van der Waals surface area contributed by atoms with E-state index < -0.39 is 16.8 Å². The molecule has 1 atom stereocenters. The highest BCUT2D eigenvalue weighted by molar-refractivity contribution is 5.90. The second-order valence-corrected chi connectivity index (χ2v) is 7.36. The maximum absolute atomic E-state index is 13.4. The third-order valence-corrected chi connectivity index (χ3v) is 5.77. The zero-order chi connectivity index (χ0) is 17.4. The molecule has 1 saturated carbocycles. The van der Waals surface area contributed by atoms with Crippen LogP contribution in [0.3, 0.4) is 0 Å². The maximum Gasteiger partial charge on any atom is 0.311 e. The molecule has 3 rings (SSSR count). The number of carboxylic acids is 1. The van der Waals surface area contributed by atoms with E-state index in [1.165, 1.54) is 0 Å². The molecule has 0 aromatic heterocycles. The zero-order valence-electron chi connectivity index (χ0n) is 14.4. The van der Waals surface area contributed by atoms with E-state index in [1.807, 2.05) is 24.3 Å². The van der Waals surface area contributed by atoms with Crippen molar-refractivity contribution in [2.75, 3.05) is 20.2 Å². The molecule has 1 aliphatic carbocycles. The number of carboxylic acid groups (broad SMARTS) is 1. The number of ether oxygens (including phenoxy) is 1. The molecule has 5 nitrogen and oxygen atoms in total. The Hall–Kier alpha value is -2.04. The van der Waals surface area contributed by atoms with Crippen LogP contribution in [-0.2, 0) is 15.0 Å². The Balaban J connectivity index is 1.91. The summed E-state index contributed by atoms with van der Waals surface area (Å²) in [5.41, 5.74) is -0.365. The molecule has 1 aliphatic heterocycles. The van der Waals surface area contributed by atoms with Crippen LogP contribution in [0.4, 0.5) is 0 Å². The van der Waals surface area contributed by atoms with Gasteiger partial charge in [0.15, 0.2) is 0 Å². The van der Waals surface area contributed by atoms with Gasteiger partial charge in [-0.3, -0.25) is 9.59 Å². The number of methoxy groups -OCH3 is 1. The topological polar surface area (TPSA) is 66.8 Å². The fraction of sp³-hybridized carbons (Fsp3) is 0.579. The Morgan fingerprint density at radius 1 is 1.21 bits per heavy atom. The molecule has 130 valence electrons. The summed E-state index contributed by atoms with van der Waals surface area (Å²) in [6.45, 7) is 2.55. The summed E-state index contributed by atoms with van der Waals surface area (Å²) in [4.78, 5) is 26.6. The van der Waals surface area contributed by atoms with E-state index in [0.29, 0.717) is 19.5 Å². The van der Waals surface area contributed by atoms with E-state index in [4.69, 9.17) is 4.74 Å². The van der Waals surface area contributed by atoms with Crippen molar-refractivity contribution in [1.29, 1.82) is 0 Å². The van der Waals surface area contributed by atoms with Gasteiger partial charge in [-0.15, -0.1) is 0 Å². The SMILES string of the molecule is COc1cccc(C2(C(=O)N3CCC(C)(C(=O)O)C3)CCCC2)c1. The molecule has 1 saturated heterocycles. The van der Waals surface area contributed by atoms with E-state index in [-0.39, 0.29) is 5.91 Å². The maximum atomic E-state index is 13.4. The predicted octanol–water partition coefficient (Wildman–Crippen LogP) is 2.83. The summed E-state index contributed by atoms with van der Waals surface area (Å²) in [5, 5.41) is 9.43. The molecule has 1 aromatic carbocycles. The van der Waals surface area contributed by atoms with Crippen LogP contribution in [-0.4, -0.2) is 42.1 Å². The van der Waals surface area contributed by atoms with Gasteiger partial charge in [-0.1, -0.05) is 25.0 Å². The molecule has 0 spiro atoms. The van der Waals surface area contributed by atoms with Crippen LogP contribution in [0.5, 0.6) is 5.75 Å². The summed E-state index contributed by atoms with van der Waals surface area (Å²) in [7, 11) is 1.63. The normalized spacial score (nSPS) is 25.7. The fourth-order valence-electron chi connectivity index (χ4n) is 4.14. The first-order valence-corrected chi connectivity index (χ1v) is 8.59. The van der Waals surface area contributed by atoms with Crippen molar-refractivity contribution in [3.05, 3.63) is 29.8 Å². The van der Waals surface area contributed by atoms with E-state index in [9.17, 15) is 14.7 Å². The molecule has 5 heteroatoms. The Morgan fingerprint density at radius 3 is 2.50 bits per heavy atom. The van der Waals surface area contributed by atoms with Crippen molar-refractivity contribution in [3.8, 4) is 5.75 Å². The largest absolute Gasteiger partial charge is 0.497 e. The van der Waals surface area contributed by atoms with Gasteiger partial charge in [0.25, 0.3) is 0 Å². The van der Waals surface area contributed by atoms with Crippen molar-refractivity contribution in [1.82, 2.24) is 4.90 Å². The van der Waals surface area contributed by atoms with Crippen molar-refractivity contribution in [2.45, 2.75) is 44.4 Å². The van der Waals surface area contributed by atoms with Gasteiger partial charge in [-0.25, -0.2) is 0 Å². The molecule has 24 heavy (non-hydrogen) atoms. The number of hydrogen-bond acceptors (Lipinski definition) is 3. The highest BCUT2D eigenvalue weighted by Gasteiger charge is 2.49. The Bertz CT molecular complexity index is 651. The third-order valence-electron chi connectivity index (χ3n) is 5.77. The molecule has 1 unspecified atom stereocenters. The third kappa shape index (κ3) is 2.66. The standard InChI is InChI=1S/C19H25NO4/c1-18(17(22)23)10-11-20(13-18)16(21)19(8-3-4-9-19)14-6-5-7-15(12-14)24-2/h5-7,12H,3-4,8-11,13H2,1-2H3,(H,22,23). The molecule has 2 aliphatic rings. The molecule has 0 bridgehead atoms. The fourth-order valence-corrected chi connectivity index (χ4v) is 4.14. The van der Waals surface area contributed by atoms with Gasteiger partial charge in [0.05, 0.1) is 17.9 Å². The summed E-state index contributed by atoms with van der Waals surface area (Å²) in [6.07, 6.45) is 4.20. The molecule has 0 radical (unpaired) electrons. The number of benzene rings is 1. The van der Waals surface area contributed by atoms with Gasteiger partial charge in [0, 0.05) is 13.1 Å². The lowest BCUT2D eigenvalue weighted by Crippen LogP contribution is -2.45. The van der Waals surface area contributed by atoms with Crippen molar-refractivity contribution in [3.63, 3.8) is 0 Å². The van der Waals surface area contributed by atoms with Crippen LogP contribution in [0.1, 0.15) is 44.6 Å². The predicted molar refractivity (Wildman–Crippen MR) is 90.1 cm³/mol. The monoisotopic (exact) mass is 331 g/mol. The molecular formula is C19H25NO4. The second-order valence-electron chi connectivity index (χ2n) is 7.36. The van der Waals surface area contributed by atoms with E-state index >= 15 is 0 Å². The second kappa shape index (κ2) is 6.11. The number of rotatable bonds is 4.